The summed E-state index contributed by atoms with van der Waals surface area (Å²) in [5.41, 5.74) is 1.50. The van der Waals surface area contributed by atoms with Gasteiger partial charge in [0.25, 0.3) is 0 Å². The van der Waals surface area contributed by atoms with Crippen LogP contribution in [0.1, 0.15) is 73.1 Å². The Morgan fingerprint density at radius 2 is 1.14 bits per heavy atom. The topological polar surface area (TPSA) is 9.23 Å². The van der Waals surface area contributed by atoms with Gasteiger partial charge in [0.05, 0.1) is 0 Å². The summed E-state index contributed by atoms with van der Waals surface area (Å²) in [6, 6.07) is 0. The van der Waals surface area contributed by atoms with Crippen molar-refractivity contribution in [1.82, 2.24) is 0 Å². The van der Waals surface area contributed by atoms with Crippen molar-refractivity contribution in [2.45, 2.75) is 106 Å². The summed E-state index contributed by atoms with van der Waals surface area (Å²) in [4.78, 5) is 0. The standard InChI is InChI=1S/C7H15OSi.3C4H9.Sn/c1-7(2)6-8-9(3,4)5;3*1-3-4-2;/h1-5H3;3*1,3-4H2,2H3;. The van der Waals surface area contributed by atoms with Crippen LogP contribution in [0.15, 0.2) is 9.35 Å². The maximum atomic E-state index is 6.77. The van der Waals surface area contributed by atoms with Gasteiger partial charge in [0.15, 0.2) is 0 Å². The molecule has 0 amide bonds. The van der Waals surface area contributed by atoms with E-state index in [2.05, 4.69) is 54.3 Å². The van der Waals surface area contributed by atoms with Crippen molar-refractivity contribution in [2.75, 3.05) is 0 Å². The summed E-state index contributed by atoms with van der Waals surface area (Å²) >= 11 is -2.37. The van der Waals surface area contributed by atoms with E-state index in [1.807, 2.05) is 0 Å². The maximum absolute atomic E-state index is 6.77. The second kappa shape index (κ2) is 11.2. The van der Waals surface area contributed by atoms with Crippen molar-refractivity contribution in [1.29, 1.82) is 0 Å². The molecule has 0 aliphatic carbocycles. The van der Waals surface area contributed by atoms with E-state index in [1.54, 1.807) is 3.78 Å². The zero-order valence-corrected chi connectivity index (χ0v) is 20.6. The van der Waals surface area contributed by atoms with Crippen LogP contribution in [0, 0.1) is 0 Å². The van der Waals surface area contributed by atoms with Crippen LogP contribution in [-0.4, -0.2) is 26.7 Å². The minimum atomic E-state index is -2.37. The third kappa shape index (κ3) is 8.42. The molecule has 0 N–H and O–H groups in total. The van der Waals surface area contributed by atoms with Crippen LogP contribution in [0.5, 0.6) is 0 Å². The average molecular weight is 433 g/mol. The third-order valence-corrected chi connectivity index (χ3v) is 21.5. The first-order valence-electron chi connectivity index (χ1n) is 9.59. The molecule has 22 heavy (non-hydrogen) atoms. The zero-order chi connectivity index (χ0) is 17.2. The Bertz CT molecular complexity index is 305. The number of hydrogen-bond donors (Lipinski definition) is 0. The van der Waals surface area contributed by atoms with E-state index < -0.39 is 26.7 Å². The van der Waals surface area contributed by atoms with Crippen LogP contribution in [-0.2, 0) is 4.43 Å². The van der Waals surface area contributed by atoms with Gasteiger partial charge >= 0.3 is 147 Å². The van der Waals surface area contributed by atoms with Crippen molar-refractivity contribution in [3.8, 4) is 0 Å². The van der Waals surface area contributed by atoms with Gasteiger partial charge in [-0.15, -0.1) is 0 Å². The van der Waals surface area contributed by atoms with E-state index in [4.69, 9.17) is 4.43 Å². The van der Waals surface area contributed by atoms with Gasteiger partial charge < -0.3 is 0 Å². The Balaban J connectivity index is 5.63. The molecule has 0 aliphatic heterocycles. The molecule has 0 aromatic heterocycles. The van der Waals surface area contributed by atoms with Crippen molar-refractivity contribution in [3.05, 3.63) is 9.35 Å². The molecular formula is C19H42OSiSn. The molecular weight excluding hydrogens is 391 g/mol. The summed E-state index contributed by atoms with van der Waals surface area (Å²) < 4.78 is 12.9. The van der Waals surface area contributed by atoms with Gasteiger partial charge in [0.1, 0.15) is 0 Å². The van der Waals surface area contributed by atoms with Gasteiger partial charge in [-0.1, -0.05) is 0 Å². The Hall–Kier alpha value is 0.556. The fraction of sp³-hybridized carbons (Fsp3) is 0.895. The summed E-state index contributed by atoms with van der Waals surface area (Å²) in [6.07, 6.45) is 8.24. The van der Waals surface area contributed by atoms with Crippen molar-refractivity contribution < 1.29 is 4.43 Å². The Morgan fingerprint density at radius 1 is 0.773 bits per heavy atom. The fourth-order valence-electron chi connectivity index (χ4n) is 3.31. The first kappa shape index (κ1) is 22.6. The van der Waals surface area contributed by atoms with Gasteiger partial charge in [-0.25, -0.2) is 0 Å². The molecule has 0 heterocycles. The minimum absolute atomic E-state index is 1.33. The Morgan fingerprint density at radius 3 is 1.36 bits per heavy atom. The van der Waals surface area contributed by atoms with Crippen LogP contribution in [0.4, 0.5) is 0 Å². The first-order valence-corrected chi connectivity index (χ1v) is 20.5. The number of rotatable bonds is 12. The zero-order valence-electron chi connectivity index (χ0n) is 16.8. The summed E-state index contributed by atoms with van der Waals surface area (Å²) in [5.74, 6) is 0. The molecule has 0 aromatic rings. The molecule has 0 fully saturated rings. The SMILES string of the molecule is CCC[CH2][Sn]([CH2]CCC)([CH2]CCC)[C](O[Si](C)(C)C)=C(C)C. The Kier molecular flexibility index (Phi) is 11.5. The van der Waals surface area contributed by atoms with Crippen LogP contribution >= 0.6 is 0 Å². The number of hydrogen-bond acceptors (Lipinski definition) is 1. The average Bonchev–Trinajstić information content (AvgIpc) is 2.43. The normalized spacial score (nSPS) is 12.4. The molecule has 0 atom stereocenters. The van der Waals surface area contributed by atoms with E-state index in [0.717, 1.165) is 0 Å². The molecule has 0 radical (unpaired) electrons. The predicted molar refractivity (Wildman–Crippen MR) is 108 cm³/mol. The fourth-order valence-corrected chi connectivity index (χ4v) is 24.8. The monoisotopic (exact) mass is 434 g/mol. The van der Waals surface area contributed by atoms with E-state index in [0.29, 0.717) is 0 Å². The molecule has 0 rings (SSSR count). The summed E-state index contributed by atoms with van der Waals surface area (Å²) in [7, 11) is -1.52. The van der Waals surface area contributed by atoms with Gasteiger partial charge in [0, 0.05) is 0 Å². The molecule has 1 nitrogen and oxygen atoms in total. The molecule has 132 valence electrons. The van der Waals surface area contributed by atoms with Crippen LogP contribution in [0.2, 0.25) is 33.0 Å². The van der Waals surface area contributed by atoms with Gasteiger partial charge in [-0.3, -0.25) is 0 Å². The first-order chi connectivity index (χ1) is 10.2. The third-order valence-electron chi connectivity index (χ3n) is 4.37. The number of allylic oxidation sites excluding steroid dienone is 1. The van der Waals surface area contributed by atoms with E-state index >= 15 is 0 Å². The molecule has 0 spiro atoms. The molecule has 3 heteroatoms. The number of unbranched alkanes of at least 4 members (excludes halogenated alkanes) is 3. The van der Waals surface area contributed by atoms with Crippen molar-refractivity contribution >= 4 is 26.7 Å². The molecule has 0 bridgehead atoms. The predicted octanol–water partition coefficient (Wildman–Crippen LogP) is 7.52. The second-order valence-corrected chi connectivity index (χ2v) is 25.4. The molecule has 0 aliphatic rings. The van der Waals surface area contributed by atoms with Crippen molar-refractivity contribution in [2.24, 2.45) is 0 Å². The van der Waals surface area contributed by atoms with E-state index in [-0.39, 0.29) is 0 Å². The van der Waals surface area contributed by atoms with E-state index in [9.17, 15) is 0 Å². The van der Waals surface area contributed by atoms with Crippen LogP contribution in [0.3, 0.4) is 0 Å². The second-order valence-electron chi connectivity index (χ2n) is 8.13. The summed E-state index contributed by atoms with van der Waals surface area (Å²) in [6.45, 7) is 18.7. The molecule has 0 saturated heterocycles. The van der Waals surface area contributed by atoms with Crippen LogP contribution in [0.25, 0.3) is 0 Å². The quantitative estimate of drug-likeness (QED) is 0.228. The molecule has 0 aromatic carbocycles. The molecule has 0 saturated carbocycles. The van der Waals surface area contributed by atoms with Gasteiger partial charge in [0.2, 0.25) is 0 Å². The van der Waals surface area contributed by atoms with Gasteiger partial charge in [-0.2, -0.15) is 0 Å². The Labute approximate surface area is 146 Å². The molecule has 0 unspecified atom stereocenters. The van der Waals surface area contributed by atoms with Crippen molar-refractivity contribution in [3.63, 3.8) is 0 Å². The van der Waals surface area contributed by atoms with Crippen LogP contribution < -0.4 is 0 Å². The summed E-state index contributed by atoms with van der Waals surface area (Å²) in [5, 5.41) is 0. The van der Waals surface area contributed by atoms with Gasteiger partial charge in [-0.05, 0) is 0 Å². The van der Waals surface area contributed by atoms with E-state index in [1.165, 1.54) is 57.4 Å².